The Labute approximate surface area is 114 Å². The van der Waals surface area contributed by atoms with Crippen molar-refractivity contribution in [3.63, 3.8) is 0 Å². The number of nitrogens with zero attached hydrogens (tertiary/aromatic N) is 3. The molecular formula is C12H20N4O2S. The summed E-state index contributed by atoms with van der Waals surface area (Å²) in [6, 6.07) is 3.85. The minimum atomic E-state index is -3.09. The van der Waals surface area contributed by atoms with E-state index in [1.54, 1.807) is 6.20 Å². The zero-order valence-electron chi connectivity index (χ0n) is 11.3. The highest BCUT2D eigenvalue weighted by Crippen LogP contribution is 2.18. The molecule has 1 aromatic heterocycles. The van der Waals surface area contributed by atoms with Gasteiger partial charge in [0.2, 0.25) is 10.0 Å². The minimum absolute atomic E-state index is 0.0286. The lowest BCUT2D eigenvalue weighted by Crippen LogP contribution is -2.48. The Balaban J connectivity index is 2.07. The normalized spacial score (nSPS) is 19.4. The van der Waals surface area contributed by atoms with Crippen molar-refractivity contribution in [1.82, 2.24) is 9.29 Å². The second-order valence-corrected chi connectivity index (χ2v) is 6.87. The number of rotatable bonds is 3. The van der Waals surface area contributed by atoms with Gasteiger partial charge in [-0.15, -0.1) is 0 Å². The molecule has 2 rings (SSSR count). The molecule has 7 heteroatoms. The number of piperazine rings is 1. The SMILES string of the molecule is C[C@@H](N)c1ccnc(N2CCN(S(C)(=O)=O)CC2)c1. The minimum Gasteiger partial charge on any atom is -0.354 e. The van der Waals surface area contributed by atoms with Crippen LogP contribution in [-0.2, 0) is 10.0 Å². The maximum absolute atomic E-state index is 11.4. The van der Waals surface area contributed by atoms with Gasteiger partial charge in [0.05, 0.1) is 6.26 Å². The highest BCUT2D eigenvalue weighted by atomic mass is 32.2. The van der Waals surface area contributed by atoms with E-state index >= 15 is 0 Å². The fraction of sp³-hybridized carbons (Fsp3) is 0.583. The van der Waals surface area contributed by atoms with Gasteiger partial charge in [0, 0.05) is 38.4 Å². The maximum Gasteiger partial charge on any atom is 0.211 e. The molecule has 6 nitrogen and oxygen atoms in total. The molecule has 19 heavy (non-hydrogen) atoms. The number of aromatic nitrogens is 1. The fourth-order valence-electron chi connectivity index (χ4n) is 2.14. The van der Waals surface area contributed by atoms with Crippen molar-refractivity contribution in [1.29, 1.82) is 0 Å². The van der Waals surface area contributed by atoms with Crippen LogP contribution in [0.2, 0.25) is 0 Å². The van der Waals surface area contributed by atoms with E-state index in [1.165, 1.54) is 10.6 Å². The highest BCUT2D eigenvalue weighted by molar-refractivity contribution is 7.88. The first-order chi connectivity index (χ1) is 8.88. The lowest BCUT2D eigenvalue weighted by molar-refractivity contribution is 0.387. The van der Waals surface area contributed by atoms with Crippen LogP contribution < -0.4 is 10.6 Å². The van der Waals surface area contributed by atoms with Gasteiger partial charge in [-0.2, -0.15) is 4.31 Å². The summed E-state index contributed by atoms with van der Waals surface area (Å²) >= 11 is 0. The summed E-state index contributed by atoms with van der Waals surface area (Å²) < 4.78 is 24.4. The van der Waals surface area contributed by atoms with Crippen molar-refractivity contribution in [2.24, 2.45) is 5.73 Å². The van der Waals surface area contributed by atoms with Gasteiger partial charge in [-0.3, -0.25) is 0 Å². The van der Waals surface area contributed by atoms with Crippen LogP contribution in [0.25, 0.3) is 0 Å². The van der Waals surface area contributed by atoms with Crippen LogP contribution in [0.4, 0.5) is 5.82 Å². The van der Waals surface area contributed by atoms with Crippen LogP contribution in [0.15, 0.2) is 18.3 Å². The van der Waals surface area contributed by atoms with Gasteiger partial charge in [-0.25, -0.2) is 13.4 Å². The van der Waals surface area contributed by atoms with Gasteiger partial charge in [0.15, 0.2) is 0 Å². The number of anilines is 1. The summed E-state index contributed by atoms with van der Waals surface area (Å²) in [4.78, 5) is 6.43. The van der Waals surface area contributed by atoms with Crippen LogP contribution in [0.1, 0.15) is 18.5 Å². The third-order valence-corrected chi connectivity index (χ3v) is 4.63. The van der Waals surface area contributed by atoms with E-state index < -0.39 is 10.0 Å². The maximum atomic E-state index is 11.4. The Hall–Kier alpha value is -1.18. The van der Waals surface area contributed by atoms with Crippen LogP contribution >= 0.6 is 0 Å². The zero-order chi connectivity index (χ0) is 14.0. The van der Waals surface area contributed by atoms with E-state index in [9.17, 15) is 8.42 Å². The standard InChI is InChI=1S/C12H20N4O2S/c1-10(13)11-3-4-14-12(9-11)15-5-7-16(8-6-15)19(2,17)18/h3-4,9-10H,5-8,13H2,1-2H3/t10-/m1/s1. The first-order valence-electron chi connectivity index (χ1n) is 6.29. The van der Waals surface area contributed by atoms with E-state index in [0.717, 1.165) is 11.4 Å². The number of sulfonamides is 1. The smallest absolute Gasteiger partial charge is 0.211 e. The molecule has 0 aromatic carbocycles. The van der Waals surface area contributed by atoms with E-state index in [-0.39, 0.29) is 6.04 Å². The molecule has 0 bridgehead atoms. The third-order valence-electron chi connectivity index (χ3n) is 3.33. The predicted molar refractivity (Wildman–Crippen MR) is 75.5 cm³/mol. The van der Waals surface area contributed by atoms with Crippen molar-refractivity contribution in [3.05, 3.63) is 23.9 Å². The zero-order valence-corrected chi connectivity index (χ0v) is 12.1. The third kappa shape index (κ3) is 3.43. The van der Waals surface area contributed by atoms with Crippen molar-refractivity contribution < 1.29 is 8.42 Å². The lowest BCUT2D eigenvalue weighted by Gasteiger charge is -2.34. The molecule has 1 aliphatic heterocycles. The second-order valence-electron chi connectivity index (χ2n) is 4.89. The summed E-state index contributed by atoms with van der Waals surface area (Å²) in [6.45, 7) is 4.25. The molecule has 1 fully saturated rings. The number of pyridine rings is 1. The van der Waals surface area contributed by atoms with Gasteiger partial charge < -0.3 is 10.6 Å². The average Bonchev–Trinajstić information content (AvgIpc) is 2.38. The topological polar surface area (TPSA) is 79.5 Å². The molecule has 2 heterocycles. The predicted octanol–water partition coefficient (Wildman–Crippen LogP) is 0.183. The Morgan fingerprint density at radius 3 is 2.47 bits per heavy atom. The summed E-state index contributed by atoms with van der Waals surface area (Å²) in [6.07, 6.45) is 2.99. The number of nitrogens with two attached hydrogens (primary N) is 1. The lowest BCUT2D eigenvalue weighted by atomic mass is 10.1. The van der Waals surface area contributed by atoms with Crippen LogP contribution in [0.3, 0.4) is 0 Å². The largest absolute Gasteiger partial charge is 0.354 e. The van der Waals surface area contributed by atoms with Crippen LogP contribution in [-0.4, -0.2) is 50.1 Å². The number of hydrogen-bond acceptors (Lipinski definition) is 5. The Kier molecular flexibility index (Phi) is 4.07. The molecule has 0 aliphatic carbocycles. The Morgan fingerprint density at radius 1 is 1.32 bits per heavy atom. The monoisotopic (exact) mass is 284 g/mol. The van der Waals surface area contributed by atoms with Crippen LogP contribution in [0.5, 0.6) is 0 Å². The highest BCUT2D eigenvalue weighted by Gasteiger charge is 2.24. The van der Waals surface area contributed by atoms with Crippen molar-refractivity contribution in [2.45, 2.75) is 13.0 Å². The van der Waals surface area contributed by atoms with Gasteiger partial charge in [0.1, 0.15) is 5.82 Å². The molecule has 1 saturated heterocycles. The molecule has 1 atom stereocenters. The molecule has 2 N–H and O–H groups in total. The van der Waals surface area contributed by atoms with Gasteiger partial charge in [-0.05, 0) is 24.6 Å². The molecule has 0 unspecified atom stereocenters. The summed E-state index contributed by atoms with van der Waals surface area (Å²) in [5.74, 6) is 0.864. The Morgan fingerprint density at radius 2 is 1.95 bits per heavy atom. The number of hydrogen-bond donors (Lipinski definition) is 1. The van der Waals surface area contributed by atoms with Gasteiger partial charge in [-0.1, -0.05) is 0 Å². The summed E-state index contributed by atoms with van der Waals surface area (Å²) in [7, 11) is -3.09. The van der Waals surface area contributed by atoms with E-state index in [0.29, 0.717) is 26.2 Å². The molecule has 1 aliphatic rings. The first-order valence-corrected chi connectivity index (χ1v) is 8.14. The van der Waals surface area contributed by atoms with E-state index in [2.05, 4.69) is 9.88 Å². The van der Waals surface area contributed by atoms with Crippen molar-refractivity contribution >= 4 is 15.8 Å². The van der Waals surface area contributed by atoms with Gasteiger partial charge in [0.25, 0.3) is 0 Å². The Bertz CT molecular complexity index is 536. The molecule has 0 spiro atoms. The summed E-state index contributed by atoms with van der Waals surface area (Å²) in [5.41, 5.74) is 6.89. The molecule has 0 radical (unpaired) electrons. The van der Waals surface area contributed by atoms with Crippen LogP contribution in [0, 0.1) is 0 Å². The van der Waals surface area contributed by atoms with E-state index in [4.69, 9.17) is 5.73 Å². The average molecular weight is 284 g/mol. The first kappa shape index (κ1) is 14.2. The second kappa shape index (κ2) is 5.44. The molecule has 0 saturated carbocycles. The quantitative estimate of drug-likeness (QED) is 0.856. The van der Waals surface area contributed by atoms with Gasteiger partial charge >= 0.3 is 0 Å². The molecule has 106 valence electrons. The summed E-state index contributed by atoms with van der Waals surface area (Å²) in [5, 5.41) is 0. The molecule has 1 aromatic rings. The van der Waals surface area contributed by atoms with Crippen molar-refractivity contribution in [3.8, 4) is 0 Å². The fourth-order valence-corrected chi connectivity index (χ4v) is 2.97. The van der Waals surface area contributed by atoms with E-state index in [1.807, 2.05) is 19.1 Å². The molecule has 0 amide bonds. The van der Waals surface area contributed by atoms with Crippen molar-refractivity contribution in [2.75, 3.05) is 37.3 Å². The molecular weight excluding hydrogens is 264 g/mol.